The molecule has 1 atom stereocenters. The minimum atomic E-state index is -0.332. The summed E-state index contributed by atoms with van der Waals surface area (Å²) >= 11 is 1.33. The minimum absolute atomic E-state index is 0.116. The average molecular weight is 404 g/mol. The van der Waals surface area contributed by atoms with E-state index >= 15 is 0 Å². The molecular formula is C19H24N4O4S. The Balaban J connectivity index is 1.60. The minimum Gasteiger partial charge on any atom is -0.462 e. The first-order valence-electron chi connectivity index (χ1n) is 9.02. The second kappa shape index (κ2) is 8.92. The Kier molecular flexibility index (Phi) is 6.35. The number of hydrogen-bond donors (Lipinski definition) is 2. The number of aryl methyl sites for hydroxylation is 1. The molecule has 2 aromatic rings. The molecule has 0 saturated carbocycles. The maximum atomic E-state index is 12.0. The average Bonchev–Trinajstić information content (AvgIpc) is 3.31. The number of guanidine groups is 1. The molecule has 28 heavy (non-hydrogen) atoms. The highest BCUT2D eigenvalue weighted by Crippen LogP contribution is 2.32. The molecule has 9 heteroatoms. The lowest BCUT2D eigenvalue weighted by atomic mass is 10.2. The van der Waals surface area contributed by atoms with Gasteiger partial charge in [-0.2, -0.15) is 0 Å². The van der Waals surface area contributed by atoms with Crippen molar-refractivity contribution in [2.45, 2.75) is 33.4 Å². The molecule has 1 aromatic carbocycles. The smallest absolute Gasteiger partial charge is 0.350 e. The van der Waals surface area contributed by atoms with Crippen molar-refractivity contribution < 1.29 is 19.0 Å². The van der Waals surface area contributed by atoms with Crippen LogP contribution in [0.3, 0.4) is 0 Å². The number of fused-ring (bicyclic) bond motifs is 1. The van der Waals surface area contributed by atoms with E-state index in [0.717, 1.165) is 22.1 Å². The molecule has 0 bridgehead atoms. The molecule has 0 fully saturated rings. The van der Waals surface area contributed by atoms with Crippen LogP contribution >= 0.6 is 11.3 Å². The van der Waals surface area contributed by atoms with Gasteiger partial charge < -0.3 is 24.8 Å². The van der Waals surface area contributed by atoms with Crippen molar-refractivity contribution in [2.24, 2.45) is 4.99 Å². The summed E-state index contributed by atoms with van der Waals surface area (Å²) in [5.74, 6) is 1.81. The third-order valence-electron chi connectivity index (χ3n) is 4.12. The van der Waals surface area contributed by atoms with Gasteiger partial charge in [-0.15, -0.1) is 11.3 Å². The van der Waals surface area contributed by atoms with Gasteiger partial charge in [0.15, 0.2) is 17.5 Å². The fourth-order valence-electron chi connectivity index (χ4n) is 2.69. The fourth-order valence-corrected chi connectivity index (χ4v) is 3.65. The number of ether oxygens (including phenoxy) is 3. The van der Waals surface area contributed by atoms with E-state index in [4.69, 9.17) is 14.2 Å². The summed E-state index contributed by atoms with van der Waals surface area (Å²) < 4.78 is 15.8. The third-order valence-corrected chi connectivity index (χ3v) is 5.44. The van der Waals surface area contributed by atoms with Crippen LogP contribution in [0.1, 0.15) is 45.8 Å². The number of nitrogens with zero attached hydrogens (tertiary/aromatic N) is 2. The van der Waals surface area contributed by atoms with Gasteiger partial charge in [0.05, 0.1) is 18.3 Å². The normalized spacial score (nSPS) is 13.9. The molecule has 0 amide bonds. The molecule has 0 aliphatic carbocycles. The molecule has 1 unspecified atom stereocenters. The molecule has 2 N–H and O–H groups in total. The monoisotopic (exact) mass is 404 g/mol. The van der Waals surface area contributed by atoms with Crippen molar-refractivity contribution in [1.82, 2.24) is 15.6 Å². The highest BCUT2D eigenvalue weighted by Gasteiger charge is 2.20. The summed E-state index contributed by atoms with van der Waals surface area (Å²) in [7, 11) is 1.71. The fraction of sp³-hybridized carbons (Fsp3) is 0.421. The van der Waals surface area contributed by atoms with Gasteiger partial charge in [0, 0.05) is 13.6 Å². The number of esters is 1. The van der Waals surface area contributed by atoms with E-state index in [-0.39, 0.29) is 18.8 Å². The maximum Gasteiger partial charge on any atom is 0.350 e. The Hall–Kier alpha value is -2.81. The van der Waals surface area contributed by atoms with Crippen LogP contribution in [0.4, 0.5) is 0 Å². The zero-order valence-electron chi connectivity index (χ0n) is 16.4. The lowest BCUT2D eigenvalue weighted by molar-refractivity contribution is 0.0531. The van der Waals surface area contributed by atoms with Crippen molar-refractivity contribution in [3.05, 3.63) is 39.3 Å². The summed E-state index contributed by atoms with van der Waals surface area (Å²) in [6.07, 6.45) is 0. The van der Waals surface area contributed by atoms with Crippen molar-refractivity contribution in [1.29, 1.82) is 0 Å². The van der Waals surface area contributed by atoms with Crippen LogP contribution < -0.4 is 20.1 Å². The Labute approximate surface area is 167 Å². The number of benzene rings is 1. The molecular weight excluding hydrogens is 380 g/mol. The number of thiazole rings is 1. The predicted octanol–water partition coefficient (Wildman–Crippen LogP) is 2.78. The lowest BCUT2D eigenvalue weighted by Gasteiger charge is -2.16. The third kappa shape index (κ3) is 4.53. The van der Waals surface area contributed by atoms with Crippen LogP contribution in [0, 0.1) is 6.92 Å². The molecule has 150 valence electrons. The topological polar surface area (TPSA) is 94.1 Å². The van der Waals surface area contributed by atoms with Crippen LogP contribution in [0.2, 0.25) is 0 Å². The van der Waals surface area contributed by atoms with E-state index in [2.05, 4.69) is 20.6 Å². The van der Waals surface area contributed by atoms with Crippen LogP contribution in [0.25, 0.3) is 0 Å². The van der Waals surface area contributed by atoms with Crippen LogP contribution in [0.15, 0.2) is 23.2 Å². The van der Waals surface area contributed by atoms with Crippen LogP contribution in [0.5, 0.6) is 11.5 Å². The van der Waals surface area contributed by atoms with Crippen molar-refractivity contribution >= 4 is 23.3 Å². The van der Waals surface area contributed by atoms with E-state index in [9.17, 15) is 4.79 Å². The molecule has 8 nitrogen and oxygen atoms in total. The Morgan fingerprint density at radius 1 is 1.39 bits per heavy atom. The maximum absolute atomic E-state index is 12.0. The van der Waals surface area contributed by atoms with E-state index < -0.39 is 0 Å². The van der Waals surface area contributed by atoms with E-state index in [1.807, 2.05) is 32.0 Å². The quantitative estimate of drug-likeness (QED) is 0.434. The Bertz CT molecular complexity index is 881. The standard InChI is InChI=1S/C19H24N4O4S/c1-5-25-18(24)16-11(2)22-17(28-16)12(3)23-19(20-4)21-9-13-6-7-14-15(8-13)27-10-26-14/h6-8,12H,5,9-10H2,1-4H3,(H2,20,21,23). The van der Waals surface area contributed by atoms with Gasteiger partial charge >= 0.3 is 5.97 Å². The predicted molar refractivity (Wildman–Crippen MR) is 107 cm³/mol. The first-order valence-corrected chi connectivity index (χ1v) is 9.83. The molecule has 3 rings (SSSR count). The Morgan fingerprint density at radius 2 is 2.18 bits per heavy atom. The van der Waals surface area contributed by atoms with Gasteiger partial charge in [0.25, 0.3) is 0 Å². The van der Waals surface area contributed by atoms with Gasteiger partial charge in [-0.25, -0.2) is 9.78 Å². The molecule has 0 radical (unpaired) electrons. The first kappa shape index (κ1) is 19.9. The van der Waals surface area contributed by atoms with Gasteiger partial charge in [0.2, 0.25) is 6.79 Å². The van der Waals surface area contributed by atoms with Gasteiger partial charge in [-0.05, 0) is 38.5 Å². The van der Waals surface area contributed by atoms with Crippen molar-refractivity contribution in [3.63, 3.8) is 0 Å². The second-order valence-electron chi connectivity index (χ2n) is 6.17. The SMILES string of the molecule is CCOC(=O)c1sc(C(C)NC(=NC)NCc2ccc3c(c2)OCO3)nc1C. The summed E-state index contributed by atoms with van der Waals surface area (Å²) in [6.45, 7) is 6.75. The number of carbonyl (C=O) groups is 1. The summed E-state index contributed by atoms with van der Waals surface area (Å²) in [4.78, 5) is 21.3. The number of aromatic nitrogens is 1. The van der Waals surface area contributed by atoms with Crippen LogP contribution in [-0.2, 0) is 11.3 Å². The number of aliphatic imine (C=N–C) groups is 1. The van der Waals surface area contributed by atoms with Crippen molar-refractivity contribution in [2.75, 3.05) is 20.4 Å². The highest BCUT2D eigenvalue weighted by atomic mass is 32.1. The number of carbonyl (C=O) groups excluding carboxylic acids is 1. The molecule has 2 heterocycles. The van der Waals surface area contributed by atoms with Crippen LogP contribution in [-0.4, -0.2) is 37.4 Å². The second-order valence-corrected chi connectivity index (χ2v) is 7.20. The van der Waals surface area contributed by atoms with Gasteiger partial charge in [0.1, 0.15) is 9.88 Å². The zero-order chi connectivity index (χ0) is 20.1. The number of hydrogen-bond acceptors (Lipinski definition) is 7. The summed E-state index contributed by atoms with van der Waals surface area (Å²) in [5, 5.41) is 7.36. The summed E-state index contributed by atoms with van der Waals surface area (Å²) in [6, 6.07) is 5.71. The Morgan fingerprint density at radius 3 is 2.93 bits per heavy atom. The lowest BCUT2D eigenvalue weighted by Crippen LogP contribution is -2.38. The molecule has 0 spiro atoms. The molecule has 1 aromatic heterocycles. The number of rotatable bonds is 6. The van der Waals surface area contributed by atoms with Crippen molar-refractivity contribution in [3.8, 4) is 11.5 Å². The van der Waals surface area contributed by atoms with E-state index in [1.165, 1.54) is 11.3 Å². The zero-order valence-corrected chi connectivity index (χ0v) is 17.2. The van der Waals surface area contributed by atoms with Gasteiger partial charge in [-0.3, -0.25) is 4.99 Å². The molecule has 1 aliphatic heterocycles. The highest BCUT2D eigenvalue weighted by molar-refractivity contribution is 7.13. The molecule has 0 saturated heterocycles. The molecule has 1 aliphatic rings. The first-order chi connectivity index (χ1) is 13.5. The number of nitrogens with one attached hydrogen (secondary N) is 2. The summed E-state index contributed by atoms with van der Waals surface area (Å²) in [5.41, 5.74) is 1.73. The van der Waals surface area contributed by atoms with Gasteiger partial charge in [-0.1, -0.05) is 6.07 Å². The largest absolute Gasteiger partial charge is 0.462 e. The van der Waals surface area contributed by atoms with E-state index in [1.54, 1.807) is 14.0 Å². The van der Waals surface area contributed by atoms with E-state index in [0.29, 0.717) is 29.7 Å².